The molecule has 0 bridgehead atoms. The Hall–Kier alpha value is -1.06. The summed E-state index contributed by atoms with van der Waals surface area (Å²) in [5, 5.41) is 3.50. The average molecular weight is 263 g/mol. The van der Waals surface area contributed by atoms with Crippen molar-refractivity contribution >= 4 is 0 Å². The van der Waals surface area contributed by atoms with E-state index in [1.807, 2.05) is 19.2 Å². The number of nitrogens with one attached hydrogen (secondary N) is 1. The lowest BCUT2D eigenvalue weighted by Gasteiger charge is -2.40. The number of para-hydroxylation sites is 1. The molecule has 1 aliphatic carbocycles. The van der Waals surface area contributed by atoms with Gasteiger partial charge in [0.1, 0.15) is 5.75 Å². The van der Waals surface area contributed by atoms with Crippen molar-refractivity contribution in [3.05, 3.63) is 29.8 Å². The van der Waals surface area contributed by atoms with Crippen LogP contribution in [0.2, 0.25) is 0 Å². The minimum Gasteiger partial charge on any atom is -0.491 e. The maximum absolute atomic E-state index is 5.82. The molecule has 0 radical (unpaired) electrons. The van der Waals surface area contributed by atoms with Crippen LogP contribution in [0, 0.1) is 0 Å². The highest BCUT2D eigenvalue weighted by Gasteiger charge is 2.36. The number of methoxy groups -OCH3 is 1. The van der Waals surface area contributed by atoms with Gasteiger partial charge in [-0.05, 0) is 39.2 Å². The summed E-state index contributed by atoms with van der Waals surface area (Å²) in [5.74, 6) is 0.977. The molecular weight excluding hydrogens is 238 g/mol. The van der Waals surface area contributed by atoms with E-state index in [0.717, 1.165) is 18.8 Å². The molecular formula is C16H25NO2. The second-order valence-electron chi connectivity index (χ2n) is 5.62. The summed E-state index contributed by atoms with van der Waals surface area (Å²) in [6.45, 7) is 5.85. The third-order valence-electron chi connectivity index (χ3n) is 3.80. The first-order valence-electron chi connectivity index (χ1n) is 7.16. The van der Waals surface area contributed by atoms with Crippen molar-refractivity contribution in [1.82, 2.24) is 5.32 Å². The van der Waals surface area contributed by atoms with Gasteiger partial charge in [-0.3, -0.25) is 0 Å². The van der Waals surface area contributed by atoms with Crippen LogP contribution in [0.1, 0.15) is 38.7 Å². The highest BCUT2D eigenvalue weighted by atomic mass is 16.5. The van der Waals surface area contributed by atoms with Crippen LogP contribution in [0.25, 0.3) is 0 Å². The molecule has 2 rings (SSSR count). The Morgan fingerprint density at radius 3 is 2.58 bits per heavy atom. The monoisotopic (exact) mass is 263 g/mol. The quantitative estimate of drug-likeness (QED) is 0.820. The van der Waals surface area contributed by atoms with E-state index in [0.29, 0.717) is 0 Å². The van der Waals surface area contributed by atoms with Crippen LogP contribution in [-0.4, -0.2) is 25.4 Å². The minimum atomic E-state index is 0.0772. The zero-order valence-corrected chi connectivity index (χ0v) is 12.2. The third kappa shape index (κ3) is 3.71. The van der Waals surface area contributed by atoms with Gasteiger partial charge in [-0.2, -0.15) is 0 Å². The fourth-order valence-electron chi connectivity index (χ4n) is 2.47. The lowest BCUT2D eigenvalue weighted by atomic mass is 9.80. The Labute approximate surface area is 116 Å². The molecule has 3 nitrogen and oxygen atoms in total. The van der Waals surface area contributed by atoms with Crippen molar-refractivity contribution in [1.29, 1.82) is 0 Å². The molecule has 0 aliphatic heterocycles. The summed E-state index contributed by atoms with van der Waals surface area (Å²) in [4.78, 5) is 0. The van der Waals surface area contributed by atoms with Crippen LogP contribution in [0.15, 0.2) is 24.3 Å². The Morgan fingerprint density at radius 2 is 2.00 bits per heavy atom. The van der Waals surface area contributed by atoms with E-state index in [-0.39, 0.29) is 11.7 Å². The minimum absolute atomic E-state index is 0.0772. The molecule has 0 unspecified atom stereocenters. The molecule has 19 heavy (non-hydrogen) atoms. The Bertz CT molecular complexity index is 394. The first kappa shape index (κ1) is 14.4. The van der Waals surface area contributed by atoms with Gasteiger partial charge >= 0.3 is 0 Å². The lowest BCUT2D eigenvalue weighted by Crippen LogP contribution is -2.47. The second kappa shape index (κ2) is 6.40. The molecule has 0 aromatic heterocycles. The molecule has 0 spiro atoms. The smallest absolute Gasteiger partial charge is 0.124 e. The van der Waals surface area contributed by atoms with Gasteiger partial charge in [0.25, 0.3) is 0 Å². The molecule has 0 atom stereocenters. The van der Waals surface area contributed by atoms with Crippen LogP contribution in [0.4, 0.5) is 0 Å². The molecule has 106 valence electrons. The molecule has 3 heteroatoms. The van der Waals surface area contributed by atoms with Crippen molar-refractivity contribution < 1.29 is 9.47 Å². The van der Waals surface area contributed by atoms with Crippen molar-refractivity contribution in [2.45, 2.75) is 51.4 Å². The first-order chi connectivity index (χ1) is 9.15. The van der Waals surface area contributed by atoms with Crippen molar-refractivity contribution in [3.63, 3.8) is 0 Å². The normalized spacial score (nSPS) is 17.3. The summed E-state index contributed by atoms with van der Waals surface area (Å²) in [7, 11) is 1.82. The van der Waals surface area contributed by atoms with Crippen LogP contribution in [-0.2, 0) is 11.3 Å². The average Bonchev–Trinajstić information content (AvgIpc) is 2.34. The van der Waals surface area contributed by atoms with E-state index >= 15 is 0 Å². The molecule has 0 saturated heterocycles. The molecule has 0 heterocycles. The number of rotatable bonds is 7. The van der Waals surface area contributed by atoms with Crippen molar-refractivity contribution in [2.75, 3.05) is 13.7 Å². The van der Waals surface area contributed by atoms with Crippen molar-refractivity contribution in [2.24, 2.45) is 0 Å². The SMILES string of the molecule is COC1(CNCc2ccccc2OC(C)C)CCC1. The van der Waals surface area contributed by atoms with E-state index in [4.69, 9.17) is 9.47 Å². The van der Waals surface area contributed by atoms with Crippen LogP contribution in [0.3, 0.4) is 0 Å². The zero-order valence-electron chi connectivity index (χ0n) is 12.2. The fraction of sp³-hybridized carbons (Fsp3) is 0.625. The van der Waals surface area contributed by atoms with E-state index in [9.17, 15) is 0 Å². The van der Waals surface area contributed by atoms with Crippen LogP contribution in [0.5, 0.6) is 5.75 Å². The van der Waals surface area contributed by atoms with Gasteiger partial charge < -0.3 is 14.8 Å². The predicted molar refractivity (Wildman–Crippen MR) is 77.5 cm³/mol. The van der Waals surface area contributed by atoms with Gasteiger partial charge in [-0.25, -0.2) is 0 Å². The molecule has 1 aromatic carbocycles. The largest absolute Gasteiger partial charge is 0.491 e. The maximum Gasteiger partial charge on any atom is 0.124 e. The first-order valence-corrected chi connectivity index (χ1v) is 7.16. The van der Waals surface area contributed by atoms with E-state index in [2.05, 4.69) is 31.3 Å². The Kier molecular flexibility index (Phi) is 4.83. The Balaban J connectivity index is 1.88. The van der Waals surface area contributed by atoms with Crippen LogP contribution >= 0.6 is 0 Å². The number of ether oxygens (including phenoxy) is 2. The standard InChI is InChI=1S/C16H25NO2/c1-13(2)19-15-8-5-4-7-14(15)11-17-12-16(18-3)9-6-10-16/h4-5,7-8,13,17H,6,9-12H2,1-3H3. The predicted octanol–water partition coefficient (Wildman–Crippen LogP) is 3.13. The van der Waals surface area contributed by atoms with Gasteiger partial charge in [0.2, 0.25) is 0 Å². The van der Waals surface area contributed by atoms with Gasteiger partial charge in [0, 0.05) is 25.8 Å². The van der Waals surface area contributed by atoms with E-state index in [1.54, 1.807) is 0 Å². The van der Waals surface area contributed by atoms with Gasteiger partial charge in [-0.15, -0.1) is 0 Å². The topological polar surface area (TPSA) is 30.5 Å². The molecule has 1 fully saturated rings. The maximum atomic E-state index is 5.82. The molecule has 1 N–H and O–H groups in total. The van der Waals surface area contributed by atoms with Crippen LogP contribution < -0.4 is 10.1 Å². The number of hydrogen-bond acceptors (Lipinski definition) is 3. The summed E-state index contributed by atoms with van der Waals surface area (Å²) >= 11 is 0. The molecule has 1 aromatic rings. The highest BCUT2D eigenvalue weighted by molar-refractivity contribution is 5.33. The second-order valence-corrected chi connectivity index (χ2v) is 5.62. The van der Waals surface area contributed by atoms with Gasteiger partial charge in [-0.1, -0.05) is 18.2 Å². The molecule has 1 saturated carbocycles. The van der Waals surface area contributed by atoms with Gasteiger partial charge in [0.15, 0.2) is 0 Å². The lowest BCUT2D eigenvalue weighted by molar-refractivity contribution is -0.0695. The zero-order chi connectivity index (χ0) is 13.7. The van der Waals surface area contributed by atoms with Crippen molar-refractivity contribution in [3.8, 4) is 5.75 Å². The summed E-state index contributed by atoms with van der Waals surface area (Å²) in [6.07, 6.45) is 3.82. The highest BCUT2D eigenvalue weighted by Crippen LogP contribution is 2.34. The fourth-order valence-corrected chi connectivity index (χ4v) is 2.47. The third-order valence-corrected chi connectivity index (χ3v) is 3.80. The molecule has 1 aliphatic rings. The van der Waals surface area contributed by atoms with Gasteiger partial charge in [0.05, 0.1) is 11.7 Å². The van der Waals surface area contributed by atoms with E-state index in [1.165, 1.54) is 24.8 Å². The summed E-state index contributed by atoms with van der Waals surface area (Å²) in [6, 6.07) is 8.22. The molecule has 0 amide bonds. The summed E-state index contributed by atoms with van der Waals surface area (Å²) in [5.41, 5.74) is 1.29. The number of benzene rings is 1. The van der Waals surface area contributed by atoms with E-state index < -0.39 is 0 Å². The number of hydrogen-bond donors (Lipinski definition) is 1. The Morgan fingerprint density at radius 1 is 1.26 bits per heavy atom. The summed E-state index contributed by atoms with van der Waals surface area (Å²) < 4.78 is 11.4.